The molecule has 2 aromatic rings. The first kappa shape index (κ1) is 18.0. The van der Waals surface area contributed by atoms with E-state index in [9.17, 15) is 19.4 Å². The van der Waals surface area contributed by atoms with Gasteiger partial charge >= 0.3 is 29.6 Å². The molecule has 124 valence electrons. The number of aliphatic hydroxyl groups is 1. The zero-order chi connectivity index (χ0) is 16.4. The predicted octanol–water partition coefficient (Wildman–Crippen LogP) is -5.15. The third kappa shape index (κ3) is 2.83. The smallest absolute Gasteiger partial charge is 0.756 e. The van der Waals surface area contributed by atoms with Crippen molar-refractivity contribution in [2.45, 2.75) is 24.5 Å². The zero-order valence-corrected chi connectivity index (χ0v) is 15.3. The number of ether oxygens (including phenoxy) is 1. The van der Waals surface area contributed by atoms with Crippen molar-refractivity contribution in [3.63, 3.8) is 0 Å². The first-order chi connectivity index (χ1) is 10.9. The average molecular weight is 367 g/mol. The number of rotatable bonds is 1. The predicted molar refractivity (Wildman–Crippen MR) is 70.9 cm³/mol. The molecule has 4 heterocycles. The number of anilines is 1. The number of aromatic nitrogens is 4. The summed E-state index contributed by atoms with van der Waals surface area (Å²) in [5.41, 5.74) is 5.07. The summed E-state index contributed by atoms with van der Waals surface area (Å²) < 4.78 is 27.5. The number of nitrogens with one attached hydrogen (secondary N) is 1. The number of phosphoric acid groups is 1. The fourth-order valence-electron chi connectivity index (χ4n) is 2.69. The maximum absolute atomic E-state index is 11.8. The topological polar surface area (TPSA) is 178 Å². The summed E-state index contributed by atoms with van der Waals surface area (Å²) in [4.78, 5) is 33.3. The Bertz CT molecular complexity index is 886. The van der Waals surface area contributed by atoms with Crippen molar-refractivity contribution in [2.75, 3.05) is 12.3 Å². The monoisotopic (exact) mass is 367 g/mol. The van der Waals surface area contributed by atoms with E-state index in [1.165, 1.54) is 10.9 Å². The third-order valence-corrected chi connectivity index (χ3v) is 4.65. The quantitative estimate of drug-likeness (QED) is 0.326. The summed E-state index contributed by atoms with van der Waals surface area (Å²) in [6.07, 6.45) is -3.04. The number of H-pyrrole nitrogens is 1. The van der Waals surface area contributed by atoms with Crippen LogP contribution < -0.4 is 45.7 Å². The minimum absolute atomic E-state index is 0. The van der Waals surface area contributed by atoms with Gasteiger partial charge in [0.25, 0.3) is 13.4 Å². The van der Waals surface area contributed by atoms with Crippen LogP contribution in [0.3, 0.4) is 0 Å². The fraction of sp³-hybridized carbons (Fsp3) is 0.500. The van der Waals surface area contributed by atoms with Gasteiger partial charge in [0.1, 0.15) is 18.3 Å². The number of aromatic amines is 1. The van der Waals surface area contributed by atoms with Gasteiger partial charge in [-0.1, -0.05) is 0 Å². The second kappa shape index (κ2) is 6.16. The SMILES string of the molecule is Nc1nc2c(ncn2[C@@H]2O[C@@H]3COP(=O)([O-])O[C@H]3[C@H]2O)c(=O)[nH]1.[Na+]. The molecule has 4 rings (SSSR count). The number of fused-ring (bicyclic) bond motifs is 2. The minimum Gasteiger partial charge on any atom is -0.756 e. The van der Waals surface area contributed by atoms with Gasteiger partial charge in [-0.25, -0.2) is 4.98 Å². The Labute approximate surface area is 155 Å². The molecule has 0 bridgehead atoms. The number of phosphoric ester groups is 1. The normalized spacial score (nSPS) is 35.6. The van der Waals surface area contributed by atoms with Crippen LogP contribution in [0.25, 0.3) is 11.2 Å². The first-order valence-electron chi connectivity index (χ1n) is 6.55. The number of nitrogens with two attached hydrogens (primary N) is 1. The molecule has 5 atom stereocenters. The van der Waals surface area contributed by atoms with Crippen molar-refractivity contribution in [1.29, 1.82) is 0 Å². The van der Waals surface area contributed by atoms with Gasteiger partial charge in [-0.15, -0.1) is 0 Å². The summed E-state index contributed by atoms with van der Waals surface area (Å²) >= 11 is 0. The van der Waals surface area contributed by atoms with E-state index in [0.29, 0.717) is 0 Å². The van der Waals surface area contributed by atoms with Crippen molar-refractivity contribution in [3.8, 4) is 0 Å². The van der Waals surface area contributed by atoms with Crippen LogP contribution in [0.2, 0.25) is 0 Å². The molecule has 14 heteroatoms. The number of hydrogen-bond donors (Lipinski definition) is 3. The molecule has 2 saturated heterocycles. The van der Waals surface area contributed by atoms with Crippen molar-refractivity contribution >= 4 is 24.9 Å². The van der Waals surface area contributed by atoms with Gasteiger partial charge in [0.05, 0.1) is 12.9 Å². The van der Waals surface area contributed by atoms with Gasteiger partial charge in [-0.05, 0) is 0 Å². The van der Waals surface area contributed by atoms with Crippen molar-refractivity contribution in [2.24, 2.45) is 0 Å². The second-order valence-corrected chi connectivity index (χ2v) is 6.51. The largest absolute Gasteiger partial charge is 1.00 e. The van der Waals surface area contributed by atoms with Crippen molar-refractivity contribution in [1.82, 2.24) is 19.5 Å². The molecule has 0 spiro atoms. The maximum Gasteiger partial charge on any atom is 1.00 e. The van der Waals surface area contributed by atoms with Gasteiger partial charge in [0.2, 0.25) is 5.95 Å². The average Bonchev–Trinajstić information content (AvgIpc) is 3.00. The zero-order valence-electron chi connectivity index (χ0n) is 12.4. The number of nitrogens with zero attached hydrogens (tertiary/aromatic N) is 3. The van der Waals surface area contributed by atoms with Crippen LogP contribution in [0, 0.1) is 0 Å². The Balaban J connectivity index is 0.00000169. The Morgan fingerprint density at radius 1 is 1.54 bits per heavy atom. The van der Waals surface area contributed by atoms with Crippen molar-refractivity contribution < 1.29 is 57.9 Å². The van der Waals surface area contributed by atoms with Crippen LogP contribution in [-0.2, 0) is 18.3 Å². The van der Waals surface area contributed by atoms with Gasteiger partial charge in [-0.2, -0.15) is 4.98 Å². The molecule has 2 aliphatic heterocycles. The van der Waals surface area contributed by atoms with Crippen molar-refractivity contribution in [3.05, 3.63) is 16.7 Å². The third-order valence-electron chi connectivity index (χ3n) is 3.68. The maximum atomic E-state index is 11.8. The Morgan fingerprint density at radius 2 is 2.29 bits per heavy atom. The first-order valence-corrected chi connectivity index (χ1v) is 8.01. The molecule has 4 N–H and O–H groups in total. The van der Waals surface area contributed by atoms with E-state index >= 15 is 0 Å². The summed E-state index contributed by atoms with van der Waals surface area (Å²) in [6.45, 7) is -0.276. The molecule has 0 aromatic carbocycles. The second-order valence-electron chi connectivity index (χ2n) is 5.14. The van der Waals surface area contributed by atoms with Crippen LogP contribution in [-0.4, -0.2) is 49.5 Å². The summed E-state index contributed by atoms with van der Waals surface area (Å²) in [5.74, 6) is -0.127. The van der Waals surface area contributed by atoms with Gasteiger partial charge < -0.3 is 29.5 Å². The van der Waals surface area contributed by atoms with E-state index in [1.807, 2.05) is 0 Å². The minimum atomic E-state index is -4.47. The van der Waals surface area contributed by atoms with Crippen LogP contribution in [0.4, 0.5) is 5.95 Å². The summed E-state index contributed by atoms with van der Waals surface area (Å²) in [7, 11) is -4.47. The Kier molecular flexibility index (Phi) is 4.62. The van der Waals surface area contributed by atoms with E-state index in [0.717, 1.165) is 0 Å². The molecular formula is C10H11N5NaO7P. The molecule has 0 aliphatic carbocycles. The van der Waals surface area contributed by atoms with Gasteiger partial charge in [0.15, 0.2) is 17.4 Å². The van der Waals surface area contributed by atoms with Crippen LogP contribution in [0.5, 0.6) is 0 Å². The molecule has 24 heavy (non-hydrogen) atoms. The van der Waals surface area contributed by atoms with E-state index in [-0.39, 0.29) is 53.3 Å². The van der Waals surface area contributed by atoms with E-state index < -0.39 is 37.9 Å². The standard InChI is InChI=1S/C10H12N5O7P.Na/c11-10-13-7-4(8(17)14-10)12-2-15(7)9-5(16)6-3(21-9)1-20-23(18,19)22-6;/h2-3,5-6,9,16H,1H2,(H,18,19)(H3,11,13,14,17);/q;+1/p-1/t3-,5-,6-,9-;/m1./s1. The summed E-state index contributed by atoms with van der Waals surface area (Å²) in [5, 5.41) is 10.3. The molecule has 0 saturated carbocycles. The van der Waals surface area contributed by atoms with Crippen LogP contribution >= 0.6 is 7.82 Å². The van der Waals surface area contributed by atoms with Crippen LogP contribution in [0.15, 0.2) is 11.1 Å². The number of imidazole rings is 1. The summed E-state index contributed by atoms with van der Waals surface area (Å²) in [6, 6.07) is 0. The van der Waals surface area contributed by atoms with Crippen LogP contribution in [0.1, 0.15) is 6.23 Å². The fourth-order valence-corrected chi connectivity index (χ4v) is 3.64. The molecule has 0 radical (unpaired) electrons. The molecule has 2 aromatic heterocycles. The van der Waals surface area contributed by atoms with Gasteiger partial charge in [-0.3, -0.25) is 18.9 Å². The van der Waals surface area contributed by atoms with Gasteiger partial charge in [0, 0.05) is 0 Å². The Hall–Kier alpha value is -0.820. The molecule has 0 amide bonds. The molecular weight excluding hydrogens is 356 g/mol. The van der Waals surface area contributed by atoms with E-state index in [1.54, 1.807) is 0 Å². The number of nitrogen functional groups attached to an aromatic ring is 1. The molecule has 12 nitrogen and oxygen atoms in total. The molecule has 1 unspecified atom stereocenters. The molecule has 2 aliphatic rings. The Morgan fingerprint density at radius 3 is 3.04 bits per heavy atom. The van der Waals surface area contributed by atoms with E-state index in [4.69, 9.17) is 15.0 Å². The molecule has 2 fully saturated rings. The number of aliphatic hydroxyl groups excluding tert-OH is 1. The van der Waals surface area contributed by atoms with E-state index in [2.05, 4.69) is 19.5 Å². The number of hydrogen-bond acceptors (Lipinski definition) is 10.